The van der Waals surface area contributed by atoms with E-state index in [0.29, 0.717) is 5.41 Å². The number of carbonyl (C=O) groups is 1. The van der Waals surface area contributed by atoms with Gasteiger partial charge in [-0.25, -0.2) is 0 Å². The minimum Gasteiger partial charge on any atom is -0.354 e. The minimum absolute atomic E-state index is 0.128. The van der Waals surface area contributed by atoms with Crippen LogP contribution in [0.5, 0.6) is 0 Å². The monoisotopic (exact) mass is 208 g/mol. The van der Waals surface area contributed by atoms with Crippen LogP contribution < -0.4 is 5.32 Å². The fourth-order valence-corrected chi connectivity index (χ4v) is 2.27. The second kappa shape index (κ2) is 5.16. The summed E-state index contributed by atoms with van der Waals surface area (Å²) < 4.78 is 0. The van der Waals surface area contributed by atoms with Crippen LogP contribution in [-0.2, 0) is 4.79 Å². The summed E-state index contributed by atoms with van der Waals surface area (Å²) in [5.41, 5.74) is 0.310. The Bertz CT molecular complexity index is 261. The highest BCUT2D eigenvalue weighted by atomic mass is 16.1. The standard InChI is InChI=1S/C12H20N2O/c1-3-12(6-4-5-7-12)9-14-11(15)10(2)8-13/h10H,3-7,9H2,1-2H3,(H,14,15). The molecule has 0 aliphatic heterocycles. The number of nitrogens with one attached hydrogen (secondary N) is 1. The summed E-state index contributed by atoms with van der Waals surface area (Å²) in [6.45, 7) is 4.57. The molecule has 1 aliphatic carbocycles. The van der Waals surface area contributed by atoms with Gasteiger partial charge in [0.15, 0.2) is 0 Å². The Morgan fingerprint density at radius 3 is 2.60 bits per heavy atom. The van der Waals surface area contributed by atoms with E-state index in [-0.39, 0.29) is 5.91 Å². The van der Waals surface area contributed by atoms with Crippen molar-refractivity contribution in [2.75, 3.05) is 6.54 Å². The lowest BCUT2D eigenvalue weighted by atomic mass is 9.83. The molecule has 0 heterocycles. The van der Waals surface area contributed by atoms with Gasteiger partial charge in [-0.3, -0.25) is 4.79 Å². The first kappa shape index (κ1) is 12.0. The third-order valence-electron chi connectivity index (χ3n) is 3.64. The molecule has 0 spiro atoms. The summed E-state index contributed by atoms with van der Waals surface area (Å²) in [6, 6.07) is 1.96. The molecule has 3 heteroatoms. The predicted octanol–water partition coefficient (Wildman–Crippen LogP) is 2.23. The summed E-state index contributed by atoms with van der Waals surface area (Å²) in [6.07, 6.45) is 6.10. The highest BCUT2D eigenvalue weighted by Crippen LogP contribution is 2.40. The van der Waals surface area contributed by atoms with Crippen LogP contribution in [0.15, 0.2) is 0 Å². The van der Waals surface area contributed by atoms with Crippen LogP contribution in [0.3, 0.4) is 0 Å². The van der Waals surface area contributed by atoms with Crippen LogP contribution >= 0.6 is 0 Å². The predicted molar refractivity (Wildman–Crippen MR) is 59.0 cm³/mol. The first-order valence-electron chi connectivity index (χ1n) is 5.81. The summed E-state index contributed by atoms with van der Waals surface area (Å²) in [5.74, 6) is -0.655. The first-order chi connectivity index (χ1) is 7.13. The van der Waals surface area contributed by atoms with Crippen LogP contribution in [0, 0.1) is 22.7 Å². The van der Waals surface area contributed by atoms with Crippen molar-refractivity contribution in [2.24, 2.45) is 11.3 Å². The van der Waals surface area contributed by atoms with Crippen molar-refractivity contribution in [2.45, 2.75) is 46.0 Å². The van der Waals surface area contributed by atoms with Gasteiger partial charge in [-0.2, -0.15) is 5.26 Å². The van der Waals surface area contributed by atoms with E-state index >= 15 is 0 Å². The zero-order chi connectivity index (χ0) is 11.3. The van der Waals surface area contributed by atoms with E-state index < -0.39 is 5.92 Å². The van der Waals surface area contributed by atoms with Gasteiger partial charge in [-0.05, 0) is 31.6 Å². The second-order valence-electron chi connectivity index (χ2n) is 4.63. The van der Waals surface area contributed by atoms with E-state index in [2.05, 4.69) is 12.2 Å². The third-order valence-corrected chi connectivity index (χ3v) is 3.64. The highest BCUT2D eigenvalue weighted by molar-refractivity contribution is 5.80. The Hall–Kier alpha value is -1.04. The Labute approximate surface area is 91.9 Å². The molecule has 0 aromatic heterocycles. The molecule has 84 valence electrons. The molecule has 3 nitrogen and oxygen atoms in total. The van der Waals surface area contributed by atoms with Crippen LogP contribution in [-0.4, -0.2) is 12.5 Å². The van der Waals surface area contributed by atoms with Crippen molar-refractivity contribution < 1.29 is 4.79 Å². The van der Waals surface area contributed by atoms with Gasteiger partial charge < -0.3 is 5.32 Å². The lowest BCUT2D eigenvalue weighted by Crippen LogP contribution is -2.37. The van der Waals surface area contributed by atoms with E-state index in [4.69, 9.17) is 5.26 Å². The number of hydrogen-bond donors (Lipinski definition) is 1. The molecule has 1 aliphatic rings. The maximum Gasteiger partial charge on any atom is 0.237 e. The molecule has 1 unspecified atom stereocenters. The van der Waals surface area contributed by atoms with Crippen LogP contribution in [0.1, 0.15) is 46.0 Å². The molecule has 1 amide bonds. The van der Waals surface area contributed by atoms with Gasteiger partial charge in [0, 0.05) is 6.54 Å². The molecule has 0 saturated heterocycles. The summed E-state index contributed by atoms with van der Waals surface area (Å²) in [7, 11) is 0. The minimum atomic E-state index is -0.527. The molecule has 1 saturated carbocycles. The Balaban J connectivity index is 2.41. The molecule has 1 N–H and O–H groups in total. The first-order valence-corrected chi connectivity index (χ1v) is 5.81. The summed E-state index contributed by atoms with van der Waals surface area (Å²) in [5, 5.41) is 11.5. The van der Waals surface area contributed by atoms with Crippen molar-refractivity contribution in [1.29, 1.82) is 5.26 Å². The van der Waals surface area contributed by atoms with Gasteiger partial charge in [-0.15, -0.1) is 0 Å². The smallest absolute Gasteiger partial charge is 0.237 e. The van der Waals surface area contributed by atoms with E-state index in [0.717, 1.165) is 13.0 Å². The SMILES string of the molecule is CCC1(CNC(=O)C(C)C#N)CCCC1. The molecular formula is C12H20N2O. The Kier molecular flexibility index (Phi) is 4.14. The Morgan fingerprint density at radius 1 is 1.53 bits per heavy atom. The van der Waals surface area contributed by atoms with Gasteiger partial charge in [0.25, 0.3) is 0 Å². The third kappa shape index (κ3) is 2.95. The lowest BCUT2D eigenvalue weighted by molar-refractivity contribution is -0.123. The number of nitriles is 1. The van der Waals surface area contributed by atoms with Gasteiger partial charge in [0.2, 0.25) is 5.91 Å². The lowest BCUT2D eigenvalue weighted by Gasteiger charge is -2.27. The molecule has 1 fully saturated rings. The maximum absolute atomic E-state index is 11.5. The van der Waals surface area contributed by atoms with Crippen LogP contribution in [0.4, 0.5) is 0 Å². The summed E-state index contributed by atoms with van der Waals surface area (Å²) in [4.78, 5) is 11.5. The average Bonchev–Trinajstić information content (AvgIpc) is 2.74. The van der Waals surface area contributed by atoms with Crippen LogP contribution in [0.2, 0.25) is 0 Å². The van der Waals surface area contributed by atoms with Gasteiger partial charge in [-0.1, -0.05) is 19.8 Å². The molecule has 0 aromatic rings. The molecule has 0 aromatic carbocycles. The van der Waals surface area contributed by atoms with Gasteiger partial charge in [0.05, 0.1) is 6.07 Å². The van der Waals surface area contributed by atoms with E-state index in [1.165, 1.54) is 25.7 Å². The molecule has 0 radical (unpaired) electrons. The van der Waals surface area contributed by atoms with Crippen molar-refractivity contribution in [3.05, 3.63) is 0 Å². The number of nitrogens with zero attached hydrogens (tertiary/aromatic N) is 1. The number of hydrogen-bond acceptors (Lipinski definition) is 2. The molecule has 1 rings (SSSR count). The topological polar surface area (TPSA) is 52.9 Å². The highest BCUT2D eigenvalue weighted by Gasteiger charge is 2.32. The summed E-state index contributed by atoms with van der Waals surface area (Å²) >= 11 is 0. The number of rotatable bonds is 4. The maximum atomic E-state index is 11.5. The molecule has 1 atom stereocenters. The average molecular weight is 208 g/mol. The zero-order valence-electron chi connectivity index (χ0n) is 9.68. The normalized spacial score (nSPS) is 20.6. The van der Waals surface area contributed by atoms with E-state index in [1.807, 2.05) is 6.07 Å². The Morgan fingerprint density at radius 2 is 2.13 bits per heavy atom. The van der Waals surface area contributed by atoms with Crippen molar-refractivity contribution >= 4 is 5.91 Å². The van der Waals surface area contributed by atoms with Gasteiger partial charge >= 0.3 is 0 Å². The fourth-order valence-electron chi connectivity index (χ4n) is 2.27. The van der Waals surface area contributed by atoms with Gasteiger partial charge in [0.1, 0.15) is 5.92 Å². The van der Waals surface area contributed by atoms with E-state index in [1.54, 1.807) is 6.92 Å². The number of carbonyl (C=O) groups excluding carboxylic acids is 1. The molecule has 15 heavy (non-hydrogen) atoms. The van der Waals surface area contributed by atoms with E-state index in [9.17, 15) is 4.79 Å². The quantitative estimate of drug-likeness (QED) is 0.770. The van der Waals surface area contributed by atoms with Crippen molar-refractivity contribution in [3.63, 3.8) is 0 Å². The van der Waals surface area contributed by atoms with Crippen LogP contribution in [0.25, 0.3) is 0 Å². The molecule has 0 bridgehead atoms. The second-order valence-corrected chi connectivity index (χ2v) is 4.63. The van der Waals surface area contributed by atoms with Crippen molar-refractivity contribution in [3.8, 4) is 6.07 Å². The number of amides is 1. The molecular weight excluding hydrogens is 188 g/mol. The largest absolute Gasteiger partial charge is 0.354 e. The zero-order valence-corrected chi connectivity index (χ0v) is 9.68. The van der Waals surface area contributed by atoms with Crippen molar-refractivity contribution in [1.82, 2.24) is 5.32 Å². The fraction of sp³-hybridized carbons (Fsp3) is 0.833.